The van der Waals surface area contributed by atoms with Crippen LogP contribution in [0.1, 0.15) is 25.2 Å². The number of likely N-dealkylation sites (N-methyl/N-ethyl adjacent to an activating group) is 1. The van der Waals surface area contributed by atoms with Crippen LogP contribution in [0.15, 0.2) is 52.4 Å². The van der Waals surface area contributed by atoms with Gasteiger partial charge in [0, 0.05) is 50.6 Å². The van der Waals surface area contributed by atoms with Crippen LogP contribution in [0, 0.1) is 0 Å². The molecule has 0 saturated carbocycles. The predicted octanol–water partition coefficient (Wildman–Crippen LogP) is 2.14. The van der Waals surface area contributed by atoms with E-state index in [9.17, 15) is 13.2 Å². The van der Waals surface area contributed by atoms with Gasteiger partial charge >= 0.3 is 0 Å². The first kappa shape index (κ1) is 28.9. The lowest BCUT2D eigenvalue weighted by Gasteiger charge is -2.33. The summed E-state index contributed by atoms with van der Waals surface area (Å²) in [6.45, 7) is 8.01. The number of piperazine rings is 1. The number of rotatable bonds is 11. The molecule has 13 heteroatoms. The van der Waals surface area contributed by atoms with E-state index in [2.05, 4.69) is 31.9 Å². The minimum Gasteiger partial charge on any atom is -0.475 e. The number of fused-ring (bicyclic) bond motifs is 1. The fourth-order valence-corrected chi connectivity index (χ4v) is 6.42. The molecule has 0 bridgehead atoms. The molecule has 5 rings (SSSR count). The highest BCUT2D eigenvalue weighted by molar-refractivity contribution is 7.89. The van der Waals surface area contributed by atoms with Crippen LogP contribution in [-0.4, -0.2) is 95.4 Å². The van der Waals surface area contributed by atoms with E-state index in [0.717, 1.165) is 17.9 Å². The molecule has 1 aliphatic rings. The van der Waals surface area contributed by atoms with E-state index in [1.807, 2.05) is 31.2 Å². The molecular formula is C28H35N7O5S. The molecule has 0 amide bonds. The van der Waals surface area contributed by atoms with Crippen LogP contribution in [0.2, 0.25) is 0 Å². The van der Waals surface area contributed by atoms with Gasteiger partial charge < -0.3 is 19.4 Å². The highest BCUT2D eigenvalue weighted by Crippen LogP contribution is 2.32. The third-order valence-corrected chi connectivity index (χ3v) is 9.15. The maximum absolute atomic E-state index is 13.6. The number of hydrogen-bond donors (Lipinski definition) is 1. The van der Waals surface area contributed by atoms with Crippen LogP contribution in [0.5, 0.6) is 5.88 Å². The lowest BCUT2D eigenvalue weighted by Crippen LogP contribution is -2.48. The first-order valence-electron chi connectivity index (χ1n) is 13.7. The zero-order valence-electron chi connectivity index (χ0n) is 23.5. The van der Waals surface area contributed by atoms with E-state index in [1.54, 1.807) is 18.0 Å². The number of H-pyrrole nitrogens is 1. The van der Waals surface area contributed by atoms with E-state index in [-0.39, 0.29) is 17.4 Å². The lowest BCUT2D eigenvalue weighted by molar-refractivity contribution is 0.144. The molecule has 0 radical (unpaired) electrons. The Labute approximate surface area is 239 Å². The molecule has 41 heavy (non-hydrogen) atoms. The number of aromatic nitrogens is 5. The van der Waals surface area contributed by atoms with Gasteiger partial charge in [-0.1, -0.05) is 19.9 Å². The standard InChI is InChI=1S/C28H35N7O5S/c1-4-25-23-17-24(31-27(36)26(23)32-35(25)19-20-8-6-7-9-29-20)22-16-21(18-30-28(22)40-15-14-39-3)41(37,38)34-12-10-33(5-2)11-13-34/h6-9,16-18H,4-5,10-15,19H2,1-3H3,(H,31,36). The second-order valence-electron chi connectivity index (χ2n) is 9.76. The summed E-state index contributed by atoms with van der Waals surface area (Å²) in [4.78, 5) is 27.2. The maximum Gasteiger partial charge on any atom is 0.276 e. The molecule has 4 aromatic rings. The predicted molar refractivity (Wildman–Crippen MR) is 155 cm³/mol. The summed E-state index contributed by atoms with van der Waals surface area (Å²) < 4.78 is 41.5. The molecule has 5 heterocycles. The molecule has 4 aromatic heterocycles. The van der Waals surface area contributed by atoms with Gasteiger partial charge in [0.2, 0.25) is 15.9 Å². The molecule has 0 aliphatic carbocycles. The fraction of sp³-hybridized carbons (Fsp3) is 0.429. The van der Waals surface area contributed by atoms with Crippen LogP contribution in [0.3, 0.4) is 0 Å². The van der Waals surface area contributed by atoms with Crippen molar-refractivity contribution in [3.63, 3.8) is 0 Å². The molecule has 218 valence electrons. The Morgan fingerprint density at radius 1 is 1.05 bits per heavy atom. The van der Waals surface area contributed by atoms with Crippen molar-refractivity contribution < 1.29 is 17.9 Å². The third-order valence-electron chi connectivity index (χ3n) is 7.28. The molecular weight excluding hydrogens is 546 g/mol. The number of hydrogen-bond acceptors (Lipinski definition) is 9. The Bertz CT molecular complexity index is 1660. The second-order valence-corrected chi connectivity index (χ2v) is 11.7. The molecule has 1 aliphatic heterocycles. The molecule has 0 atom stereocenters. The van der Waals surface area contributed by atoms with Crippen molar-refractivity contribution in [3.8, 4) is 17.1 Å². The van der Waals surface area contributed by atoms with Gasteiger partial charge in [0.05, 0.1) is 36.3 Å². The van der Waals surface area contributed by atoms with Gasteiger partial charge in [0.1, 0.15) is 11.5 Å². The number of methoxy groups -OCH3 is 1. The Balaban J connectivity index is 1.58. The van der Waals surface area contributed by atoms with Crippen LogP contribution >= 0.6 is 0 Å². The van der Waals surface area contributed by atoms with Gasteiger partial charge in [-0.25, -0.2) is 13.4 Å². The van der Waals surface area contributed by atoms with E-state index in [1.165, 1.54) is 16.6 Å². The first-order valence-corrected chi connectivity index (χ1v) is 15.2. The van der Waals surface area contributed by atoms with E-state index >= 15 is 0 Å². The quantitative estimate of drug-likeness (QED) is 0.264. The van der Waals surface area contributed by atoms with Crippen molar-refractivity contribution in [3.05, 3.63) is 64.5 Å². The van der Waals surface area contributed by atoms with Crippen molar-refractivity contribution >= 4 is 20.9 Å². The van der Waals surface area contributed by atoms with Crippen LogP contribution in [0.4, 0.5) is 0 Å². The van der Waals surface area contributed by atoms with Crippen LogP contribution in [-0.2, 0) is 27.7 Å². The SMILES string of the molecule is CCc1c2cc(-c3cc(S(=O)(=O)N4CCN(CC)CC4)cnc3OCCOC)[nH]c(=O)c2nn1Cc1ccccn1. The molecule has 1 fully saturated rings. The largest absolute Gasteiger partial charge is 0.475 e. The van der Waals surface area contributed by atoms with Gasteiger partial charge in [-0.15, -0.1) is 0 Å². The van der Waals surface area contributed by atoms with Crippen molar-refractivity contribution in [2.24, 2.45) is 0 Å². The number of aromatic amines is 1. The van der Waals surface area contributed by atoms with Crippen molar-refractivity contribution in [2.45, 2.75) is 31.7 Å². The van der Waals surface area contributed by atoms with Crippen molar-refractivity contribution in [2.75, 3.05) is 53.0 Å². The average molecular weight is 582 g/mol. The Hall–Kier alpha value is -3.65. The van der Waals surface area contributed by atoms with Gasteiger partial charge in [-0.3, -0.25) is 14.5 Å². The minimum atomic E-state index is -3.81. The molecule has 1 N–H and O–H groups in total. The Morgan fingerprint density at radius 2 is 1.85 bits per heavy atom. The monoisotopic (exact) mass is 581 g/mol. The van der Waals surface area contributed by atoms with Crippen LogP contribution in [0.25, 0.3) is 22.2 Å². The summed E-state index contributed by atoms with van der Waals surface area (Å²) in [5, 5.41) is 5.27. The fourth-order valence-electron chi connectivity index (χ4n) is 5.02. The van der Waals surface area contributed by atoms with E-state index < -0.39 is 15.6 Å². The van der Waals surface area contributed by atoms with Gasteiger partial charge in [-0.2, -0.15) is 9.40 Å². The molecule has 1 saturated heterocycles. The highest BCUT2D eigenvalue weighted by Gasteiger charge is 2.30. The summed E-state index contributed by atoms with van der Waals surface area (Å²) in [7, 11) is -2.25. The summed E-state index contributed by atoms with van der Waals surface area (Å²) in [5.41, 5.74) is 2.36. The number of nitrogens with one attached hydrogen (secondary N) is 1. The highest BCUT2D eigenvalue weighted by atomic mass is 32.2. The normalized spacial score (nSPS) is 15.0. The average Bonchev–Trinajstić information content (AvgIpc) is 3.35. The third kappa shape index (κ3) is 6.03. The van der Waals surface area contributed by atoms with Crippen molar-refractivity contribution in [1.29, 1.82) is 0 Å². The molecule has 12 nitrogen and oxygen atoms in total. The number of pyridine rings is 3. The summed E-state index contributed by atoms with van der Waals surface area (Å²) >= 11 is 0. The minimum absolute atomic E-state index is 0.0408. The Morgan fingerprint density at radius 3 is 2.54 bits per heavy atom. The first-order chi connectivity index (χ1) is 19.8. The van der Waals surface area contributed by atoms with E-state index in [4.69, 9.17) is 9.47 Å². The lowest BCUT2D eigenvalue weighted by atomic mass is 10.1. The van der Waals surface area contributed by atoms with Crippen molar-refractivity contribution in [1.82, 2.24) is 33.9 Å². The zero-order chi connectivity index (χ0) is 29.0. The van der Waals surface area contributed by atoms with Gasteiger partial charge in [0.25, 0.3) is 5.56 Å². The Kier molecular flexibility index (Phi) is 8.78. The molecule has 0 spiro atoms. The zero-order valence-corrected chi connectivity index (χ0v) is 24.4. The number of aryl methyl sites for hydroxylation is 1. The smallest absolute Gasteiger partial charge is 0.276 e. The molecule has 0 unspecified atom stereocenters. The van der Waals surface area contributed by atoms with Gasteiger partial charge in [-0.05, 0) is 37.2 Å². The summed E-state index contributed by atoms with van der Waals surface area (Å²) in [5.74, 6) is 0.200. The number of ether oxygens (including phenoxy) is 2. The number of nitrogens with zero attached hydrogens (tertiary/aromatic N) is 6. The summed E-state index contributed by atoms with van der Waals surface area (Å²) in [6, 6.07) is 9.00. The maximum atomic E-state index is 13.6. The second kappa shape index (κ2) is 12.5. The van der Waals surface area contributed by atoms with E-state index in [0.29, 0.717) is 67.9 Å². The van der Waals surface area contributed by atoms with Gasteiger partial charge in [0.15, 0.2) is 5.52 Å². The summed E-state index contributed by atoms with van der Waals surface area (Å²) in [6.07, 6.45) is 3.66. The van der Waals surface area contributed by atoms with Crippen LogP contribution < -0.4 is 10.3 Å². The number of sulfonamides is 1. The topological polar surface area (TPSA) is 136 Å². The molecule has 0 aromatic carbocycles.